The number of carbonyl (C=O) groups excluding carboxylic acids is 3. The number of hydrogen-bond acceptors (Lipinski definition) is 8. The highest BCUT2D eigenvalue weighted by Crippen LogP contribution is 2.27. The van der Waals surface area contributed by atoms with E-state index in [4.69, 9.17) is 12.2 Å². The first kappa shape index (κ1) is 19.9. The predicted octanol–water partition coefficient (Wildman–Crippen LogP) is 2.42. The second kappa shape index (κ2) is 9.35. The van der Waals surface area contributed by atoms with Crippen LogP contribution in [0.2, 0.25) is 0 Å². The first-order chi connectivity index (χ1) is 11.9. The average molecular weight is 401 g/mol. The van der Waals surface area contributed by atoms with Gasteiger partial charge in [0.25, 0.3) is 0 Å². The van der Waals surface area contributed by atoms with Gasteiger partial charge in [-0.05, 0) is 26.7 Å². The Kier molecular flexibility index (Phi) is 7.45. The van der Waals surface area contributed by atoms with Gasteiger partial charge in [0.2, 0.25) is 16.9 Å². The van der Waals surface area contributed by atoms with Crippen LogP contribution in [0.25, 0.3) is 0 Å². The summed E-state index contributed by atoms with van der Waals surface area (Å²) in [5, 5.41) is 3.03. The number of thiocarbonyl (C=S) groups is 1. The Balaban J connectivity index is 1.62. The van der Waals surface area contributed by atoms with Crippen molar-refractivity contribution in [2.45, 2.75) is 51.2 Å². The number of Topliss-reactive ketones (excluding diaryl/α,β-unsaturated/α-hetero) is 1. The molecular formula is C15H20N4O3S3. The number of nitrogens with one attached hydrogen (secondary N) is 1. The van der Waals surface area contributed by atoms with Crippen molar-refractivity contribution in [2.24, 2.45) is 0 Å². The zero-order valence-corrected chi connectivity index (χ0v) is 16.6. The number of aromatic nitrogens is 2. The topological polar surface area (TPSA) is 92.3 Å². The molecule has 2 heterocycles. The lowest BCUT2D eigenvalue weighted by atomic mass is 10.2. The van der Waals surface area contributed by atoms with Gasteiger partial charge >= 0.3 is 0 Å². The summed E-state index contributed by atoms with van der Waals surface area (Å²) in [4.78, 5) is 40.5. The Morgan fingerprint density at radius 3 is 2.72 bits per heavy atom. The van der Waals surface area contributed by atoms with E-state index in [9.17, 15) is 14.4 Å². The quantitative estimate of drug-likeness (QED) is 0.503. The smallest absolute Gasteiger partial charge is 0.241 e. The summed E-state index contributed by atoms with van der Waals surface area (Å²) in [6.45, 7) is 3.95. The zero-order valence-electron chi connectivity index (χ0n) is 14.1. The molecule has 1 unspecified atom stereocenters. The fourth-order valence-corrected chi connectivity index (χ4v) is 4.35. The summed E-state index contributed by atoms with van der Waals surface area (Å²) in [7, 11) is 0. The highest BCUT2D eigenvalue weighted by molar-refractivity contribution is 8.24. The van der Waals surface area contributed by atoms with Crippen LogP contribution in [0.4, 0.5) is 5.13 Å². The molecule has 7 nitrogen and oxygen atoms in total. The number of unbranched alkanes of at least 4 members (excludes halogenated alkanes) is 2. The fraction of sp³-hybridized carbons (Fsp3) is 0.600. The summed E-state index contributed by atoms with van der Waals surface area (Å²) >= 11 is 7.68. The molecule has 1 aromatic heterocycles. The van der Waals surface area contributed by atoms with E-state index in [1.54, 1.807) is 4.90 Å². The second-order valence-electron chi connectivity index (χ2n) is 5.77. The summed E-state index contributed by atoms with van der Waals surface area (Å²) in [5.74, 6) is 0.374. The summed E-state index contributed by atoms with van der Waals surface area (Å²) in [5.41, 5.74) is 0. The SMILES string of the molecule is CC(=O)Cc1nsc(NC(=O)CCCCCN2C(=O)C(C)SC2=S)n1. The van der Waals surface area contributed by atoms with E-state index >= 15 is 0 Å². The van der Waals surface area contributed by atoms with Gasteiger partial charge in [-0.1, -0.05) is 30.4 Å². The van der Waals surface area contributed by atoms with Crippen molar-refractivity contribution in [1.29, 1.82) is 0 Å². The van der Waals surface area contributed by atoms with Crippen LogP contribution in [0.5, 0.6) is 0 Å². The van der Waals surface area contributed by atoms with Crippen molar-refractivity contribution < 1.29 is 14.4 Å². The molecule has 1 N–H and O–H groups in total. The van der Waals surface area contributed by atoms with Crippen LogP contribution in [0.1, 0.15) is 45.4 Å². The normalized spacial score (nSPS) is 17.2. The van der Waals surface area contributed by atoms with E-state index in [2.05, 4.69) is 14.7 Å². The molecule has 25 heavy (non-hydrogen) atoms. The standard InChI is InChI=1S/C15H20N4O3S3/c1-9(20)8-11-16-14(25-18-11)17-12(21)6-4-3-5-7-19-13(22)10(2)24-15(19)23/h10H,3-8H2,1-2H3,(H,16,17,18,21). The van der Waals surface area contributed by atoms with E-state index < -0.39 is 0 Å². The van der Waals surface area contributed by atoms with Crippen LogP contribution in [0, 0.1) is 0 Å². The van der Waals surface area contributed by atoms with Gasteiger partial charge in [-0.15, -0.1) is 0 Å². The average Bonchev–Trinajstić information content (AvgIpc) is 3.04. The van der Waals surface area contributed by atoms with Gasteiger partial charge in [0.1, 0.15) is 10.1 Å². The Labute approximate surface area is 160 Å². The van der Waals surface area contributed by atoms with Crippen molar-refractivity contribution in [3.63, 3.8) is 0 Å². The maximum Gasteiger partial charge on any atom is 0.241 e. The number of thioether (sulfide) groups is 1. The lowest BCUT2D eigenvalue weighted by Crippen LogP contribution is -2.31. The van der Waals surface area contributed by atoms with Gasteiger partial charge in [-0.3, -0.25) is 19.3 Å². The van der Waals surface area contributed by atoms with Crippen molar-refractivity contribution in [1.82, 2.24) is 14.3 Å². The summed E-state index contributed by atoms with van der Waals surface area (Å²) in [6.07, 6.45) is 2.94. The molecule has 1 aromatic rings. The molecule has 136 valence electrons. The van der Waals surface area contributed by atoms with E-state index in [0.717, 1.165) is 30.8 Å². The Hall–Kier alpha value is -1.39. The third-order valence-electron chi connectivity index (χ3n) is 3.52. The molecule has 0 saturated carbocycles. The molecule has 1 aliphatic heterocycles. The van der Waals surface area contributed by atoms with Crippen LogP contribution in [-0.2, 0) is 20.8 Å². The van der Waals surface area contributed by atoms with Gasteiger partial charge in [-0.2, -0.15) is 4.37 Å². The molecule has 0 bridgehead atoms. The minimum atomic E-state index is -0.123. The minimum absolute atomic E-state index is 0.0144. The third kappa shape index (κ3) is 6.12. The molecule has 2 amide bonds. The molecule has 0 spiro atoms. The molecule has 2 rings (SSSR count). The van der Waals surface area contributed by atoms with Gasteiger partial charge < -0.3 is 5.32 Å². The van der Waals surface area contributed by atoms with E-state index in [0.29, 0.717) is 28.2 Å². The maximum atomic E-state index is 11.9. The monoisotopic (exact) mass is 400 g/mol. The van der Waals surface area contributed by atoms with Crippen molar-refractivity contribution in [3.8, 4) is 0 Å². The highest BCUT2D eigenvalue weighted by Gasteiger charge is 2.32. The number of anilines is 1. The second-order valence-corrected chi connectivity index (χ2v) is 8.50. The van der Waals surface area contributed by atoms with Crippen LogP contribution in [-0.4, -0.2) is 48.0 Å². The number of carbonyl (C=O) groups is 3. The highest BCUT2D eigenvalue weighted by atomic mass is 32.2. The number of hydrogen-bond donors (Lipinski definition) is 1. The van der Waals surface area contributed by atoms with Crippen molar-refractivity contribution in [3.05, 3.63) is 5.82 Å². The Bertz CT molecular complexity index is 677. The van der Waals surface area contributed by atoms with E-state index in [1.165, 1.54) is 18.7 Å². The molecule has 1 saturated heterocycles. The van der Waals surface area contributed by atoms with Gasteiger partial charge in [0, 0.05) is 24.5 Å². The lowest BCUT2D eigenvalue weighted by molar-refractivity contribution is -0.126. The fourth-order valence-electron chi connectivity index (χ4n) is 2.29. The largest absolute Gasteiger partial charge is 0.301 e. The van der Waals surface area contributed by atoms with Crippen LogP contribution in [0.15, 0.2) is 0 Å². The summed E-state index contributed by atoms with van der Waals surface area (Å²) < 4.78 is 4.67. The van der Waals surface area contributed by atoms with Crippen LogP contribution >= 0.6 is 35.5 Å². The summed E-state index contributed by atoms with van der Waals surface area (Å²) in [6, 6.07) is 0. The lowest BCUT2D eigenvalue weighted by Gasteiger charge is -2.14. The Morgan fingerprint density at radius 2 is 2.08 bits per heavy atom. The first-order valence-electron chi connectivity index (χ1n) is 8.00. The van der Waals surface area contributed by atoms with E-state index in [-0.39, 0.29) is 29.3 Å². The molecule has 1 aliphatic rings. The van der Waals surface area contributed by atoms with Gasteiger partial charge in [0.15, 0.2) is 5.82 Å². The van der Waals surface area contributed by atoms with Gasteiger partial charge in [0.05, 0.1) is 11.7 Å². The van der Waals surface area contributed by atoms with Crippen LogP contribution in [0.3, 0.4) is 0 Å². The number of amides is 2. The molecule has 0 radical (unpaired) electrons. The Morgan fingerprint density at radius 1 is 1.32 bits per heavy atom. The zero-order chi connectivity index (χ0) is 18.4. The molecule has 0 aromatic carbocycles. The third-order valence-corrected chi connectivity index (χ3v) is 5.67. The van der Waals surface area contributed by atoms with Gasteiger partial charge in [-0.25, -0.2) is 4.98 Å². The number of nitrogens with zero attached hydrogens (tertiary/aromatic N) is 3. The van der Waals surface area contributed by atoms with Crippen molar-refractivity contribution >= 4 is 62.6 Å². The molecule has 1 fully saturated rings. The number of ketones is 1. The maximum absolute atomic E-state index is 11.9. The molecule has 10 heteroatoms. The number of rotatable bonds is 9. The van der Waals surface area contributed by atoms with Crippen LogP contribution < -0.4 is 5.32 Å². The van der Waals surface area contributed by atoms with E-state index in [1.807, 2.05) is 6.92 Å². The van der Waals surface area contributed by atoms with Crippen molar-refractivity contribution in [2.75, 3.05) is 11.9 Å². The predicted molar refractivity (Wildman–Crippen MR) is 103 cm³/mol. The molecule has 1 atom stereocenters. The minimum Gasteiger partial charge on any atom is -0.301 e. The first-order valence-corrected chi connectivity index (χ1v) is 10.1. The molecular weight excluding hydrogens is 380 g/mol. The molecule has 0 aliphatic carbocycles.